The average Bonchev–Trinajstić information content (AvgIpc) is 1.99. The summed E-state index contributed by atoms with van der Waals surface area (Å²) >= 11 is 0. The van der Waals surface area contributed by atoms with E-state index in [2.05, 4.69) is 6.07 Å². The second-order valence-corrected chi connectivity index (χ2v) is 3.95. The average molecular weight is 211 g/mol. The van der Waals surface area contributed by atoms with Crippen molar-refractivity contribution in [2.75, 3.05) is 0 Å². The maximum absolute atomic E-state index is 12.7. The summed E-state index contributed by atoms with van der Waals surface area (Å²) in [6.07, 6.45) is -0.860. The minimum absolute atomic E-state index is 0.0734. The fourth-order valence-corrected chi connectivity index (χ4v) is 0.849. The van der Waals surface area contributed by atoms with Crippen molar-refractivity contribution in [1.29, 1.82) is 0 Å². The van der Waals surface area contributed by atoms with E-state index in [0.29, 0.717) is 0 Å². The van der Waals surface area contributed by atoms with Gasteiger partial charge in [-0.2, -0.15) is 0 Å². The quantitative estimate of drug-likeness (QED) is 0.529. The summed E-state index contributed by atoms with van der Waals surface area (Å²) in [6, 6.07) is 6.07. The first-order chi connectivity index (χ1) is 6.87. The number of rotatable bonds is 1. The van der Waals surface area contributed by atoms with Crippen molar-refractivity contribution >= 4 is 6.16 Å². The summed E-state index contributed by atoms with van der Waals surface area (Å²) in [5.41, 5.74) is -0.631. The molecule has 0 saturated carbocycles. The van der Waals surface area contributed by atoms with Gasteiger partial charge in [0.1, 0.15) is 17.2 Å². The van der Waals surface area contributed by atoms with Crippen LogP contribution in [0.25, 0.3) is 0 Å². The van der Waals surface area contributed by atoms with Crippen molar-refractivity contribution in [3.8, 4) is 5.75 Å². The lowest BCUT2D eigenvalue weighted by Crippen LogP contribution is -2.25. The highest BCUT2D eigenvalue weighted by molar-refractivity contribution is 5.64. The highest BCUT2D eigenvalue weighted by atomic mass is 19.1. The van der Waals surface area contributed by atoms with Crippen molar-refractivity contribution in [2.45, 2.75) is 26.4 Å². The first-order valence-electron chi connectivity index (χ1n) is 4.44. The van der Waals surface area contributed by atoms with Crippen LogP contribution in [0.15, 0.2) is 18.2 Å². The number of ether oxygens (including phenoxy) is 2. The van der Waals surface area contributed by atoms with Crippen LogP contribution in [-0.4, -0.2) is 11.8 Å². The first-order valence-corrected chi connectivity index (χ1v) is 4.44. The third kappa shape index (κ3) is 4.44. The highest BCUT2D eigenvalue weighted by Crippen LogP contribution is 2.14. The van der Waals surface area contributed by atoms with Gasteiger partial charge in [-0.25, -0.2) is 9.18 Å². The van der Waals surface area contributed by atoms with Gasteiger partial charge in [0.2, 0.25) is 0 Å². The van der Waals surface area contributed by atoms with E-state index in [1.165, 1.54) is 6.07 Å². The molecule has 0 bridgehead atoms. The molecule has 0 heterocycles. The Bertz CT molecular complexity index is 355. The normalized spacial score (nSPS) is 10.9. The summed E-state index contributed by atoms with van der Waals surface area (Å²) in [4.78, 5) is 11.2. The molecule has 0 aliphatic heterocycles. The Morgan fingerprint density at radius 2 is 2.07 bits per heavy atom. The molecular weight excluding hydrogens is 199 g/mol. The van der Waals surface area contributed by atoms with Crippen LogP contribution in [0.2, 0.25) is 0 Å². The second-order valence-electron chi connectivity index (χ2n) is 3.95. The smallest absolute Gasteiger partial charge is 0.428 e. The molecule has 1 aromatic rings. The Balaban J connectivity index is 2.59. The van der Waals surface area contributed by atoms with Gasteiger partial charge in [-0.15, -0.1) is 0 Å². The van der Waals surface area contributed by atoms with Gasteiger partial charge in [-0.05, 0) is 39.0 Å². The van der Waals surface area contributed by atoms with E-state index in [1.807, 2.05) is 0 Å². The molecule has 0 aliphatic carbocycles. The number of hydrogen-bond donors (Lipinski definition) is 0. The molecule has 0 fully saturated rings. The lowest BCUT2D eigenvalue weighted by molar-refractivity contribution is 0.0206. The number of carbonyl (C=O) groups excluding carboxylic acids is 1. The first kappa shape index (κ1) is 11.5. The molecule has 0 spiro atoms. The zero-order valence-corrected chi connectivity index (χ0v) is 8.83. The van der Waals surface area contributed by atoms with E-state index in [4.69, 9.17) is 9.47 Å². The number of halogens is 1. The van der Waals surface area contributed by atoms with Gasteiger partial charge in [0.15, 0.2) is 0 Å². The molecule has 0 amide bonds. The monoisotopic (exact) mass is 211 g/mol. The van der Waals surface area contributed by atoms with Crippen molar-refractivity contribution in [2.24, 2.45) is 0 Å². The molecule has 4 heteroatoms. The summed E-state index contributed by atoms with van der Waals surface area (Å²) in [6.45, 7) is 5.14. The van der Waals surface area contributed by atoms with E-state index in [-0.39, 0.29) is 5.75 Å². The Morgan fingerprint density at radius 3 is 2.60 bits per heavy atom. The molecule has 1 rings (SSSR count). The minimum atomic E-state index is -0.860. The molecule has 0 unspecified atom stereocenters. The predicted molar refractivity (Wildman–Crippen MR) is 52.1 cm³/mol. The van der Waals surface area contributed by atoms with Crippen LogP contribution in [0.5, 0.6) is 5.75 Å². The van der Waals surface area contributed by atoms with Gasteiger partial charge in [-0.1, -0.05) is 0 Å². The van der Waals surface area contributed by atoms with Crippen LogP contribution < -0.4 is 4.74 Å². The topological polar surface area (TPSA) is 35.5 Å². The van der Waals surface area contributed by atoms with Gasteiger partial charge in [0.25, 0.3) is 0 Å². The van der Waals surface area contributed by atoms with Gasteiger partial charge < -0.3 is 9.47 Å². The van der Waals surface area contributed by atoms with Crippen molar-refractivity contribution in [3.63, 3.8) is 0 Å². The van der Waals surface area contributed by atoms with Gasteiger partial charge in [0, 0.05) is 6.07 Å². The Kier molecular flexibility index (Phi) is 3.29. The Morgan fingerprint density at radius 1 is 1.40 bits per heavy atom. The van der Waals surface area contributed by atoms with E-state index in [0.717, 1.165) is 12.1 Å². The van der Waals surface area contributed by atoms with Crippen LogP contribution in [0.4, 0.5) is 9.18 Å². The lowest BCUT2D eigenvalue weighted by atomic mass is 10.2. The lowest BCUT2D eigenvalue weighted by Gasteiger charge is -2.18. The van der Waals surface area contributed by atoms with E-state index >= 15 is 0 Å². The van der Waals surface area contributed by atoms with Gasteiger partial charge in [0.05, 0.1) is 0 Å². The standard InChI is InChI=1S/C11H12FO3/c1-11(2,3)15-10(13)14-9-6-4-5-8(12)7-9/h5-7H,1-3H3. The van der Waals surface area contributed by atoms with E-state index < -0.39 is 17.6 Å². The van der Waals surface area contributed by atoms with Crippen LogP contribution in [0.1, 0.15) is 20.8 Å². The molecule has 1 radical (unpaired) electrons. The molecule has 1 aromatic carbocycles. The molecule has 3 nitrogen and oxygen atoms in total. The predicted octanol–water partition coefficient (Wildman–Crippen LogP) is 2.94. The molecule has 0 aliphatic rings. The largest absolute Gasteiger partial charge is 0.514 e. The number of carbonyl (C=O) groups is 1. The summed E-state index contributed by atoms with van der Waals surface area (Å²) < 4.78 is 22.3. The van der Waals surface area contributed by atoms with Crippen molar-refractivity contribution < 1.29 is 18.7 Å². The SMILES string of the molecule is CC(C)(C)OC(=O)Oc1c[c]cc(F)c1. The zero-order chi connectivity index (χ0) is 11.5. The summed E-state index contributed by atoms with van der Waals surface area (Å²) in [5, 5.41) is 0. The maximum atomic E-state index is 12.7. The van der Waals surface area contributed by atoms with Crippen molar-refractivity contribution in [3.05, 3.63) is 30.1 Å². The van der Waals surface area contributed by atoms with Crippen LogP contribution >= 0.6 is 0 Å². The second kappa shape index (κ2) is 4.29. The molecule has 0 saturated heterocycles. The summed E-state index contributed by atoms with van der Waals surface area (Å²) in [5.74, 6) is -0.444. The summed E-state index contributed by atoms with van der Waals surface area (Å²) in [7, 11) is 0. The van der Waals surface area contributed by atoms with Crippen LogP contribution in [-0.2, 0) is 4.74 Å². The molecule has 81 valence electrons. The number of benzene rings is 1. The van der Waals surface area contributed by atoms with Crippen molar-refractivity contribution in [1.82, 2.24) is 0 Å². The minimum Gasteiger partial charge on any atom is -0.428 e. The van der Waals surface area contributed by atoms with E-state index in [9.17, 15) is 9.18 Å². The third-order valence-electron chi connectivity index (χ3n) is 1.32. The van der Waals surface area contributed by atoms with Crippen LogP contribution in [0.3, 0.4) is 0 Å². The van der Waals surface area contributed by atoms with Gasteiger partial charge >= 0.3 is 6.16 Å². The third-order valence-corrected chi connectivity index (χ3v) is 1.32. The maximum Gasteiger partial charge on any atom is 0.514 e. The molecule has 0 N–H and O–H groups in total. The highest BCUT2D eigenvalue weighted by Gasteiger charge is 2.17. The van der Waals surface area contributed by atoms with E-state index in [1.54, 1.807) is 20.8 Å². The Labute approximate surface area is 87.8 Å². The Hall–Kier alpha value is -1.58. The zero-order valence-electron chi connectivity index (χ0n) is 8.83. The fourth-order valence-electron chi connectivity index (χ4n) is 0.849. The fraction of sp³-hybridized carbons (Fsp3) is 0.364. The van der Waals surface area contributed by atoms with Crippen LogP contribution in [0, 0.1) is 11.9 Å². The molecule has 15 heavy (non-hydrogen) atoms. The van der Waals surface area contributed by atoms with Gasteiger partial charge in [-0.3, -0.25) is 0 Å². The number of hydrogen-bond acceptors (Lipinski definition) is 3. The molecular formula is C11H12FO3. The molecule has 0 aromatic heterocycles. The molecule has 0 atom stereocenters.